The quantitative estimate of drug-likeness (QED) is 0.926. The molecule has 1 fully saturated rings. The molecule has 0 radical (unpaired) electrons. The number of para-hydroxylation sites is 1. The molecule has 0 spiro atoms. The second kappa shape index (κ2) is 7.32. The Morgan fingerprint density at radius 3 is 2.85 bits per heavy atom. The van der Waals surface area contributed by atoms with Crippen LogP contribution in [0.3, 0.4) is 0 Å². The molecule has 1 amide bonds. The first kappa shape index (κ1) is 14.9. The van der Waals surface area contributed by atoms with Crippen molar-refractivity contribution in [2.24, 2.45) is 0 Å². The van der Waals surface area contributed by atoms with Crippen LogP contribution in [-0.4, -0.2) is 29.6 Å². The second-order valence-electron chi connectivity index (χ2n) is 4.74. The standard InChI is InChI=1S/C15H18N2O2S/c1-11(20-13-6-8-19-9-7-13)15(18)17-14-5-3-2-4-12(14)10-16/h2-5,11,13H,6-9H2,1H3,(H,17,18). The molecule has 1 atom stereocenters. The maximum Gasteiger partial charge on any atom is 0.237 e. The Hall–Kier alpha value is -1.51. The van der Waals surface area contributed by atoms with E-state index in [0.29, 0.717) is 16.5 Å². The first-order chi connectivity index (χ1) is 9.70. The van der Waals surface area contributed by atoms with Crippen LogP contribution in [-0.2, 0) is 9.53 Å². The van der Waals surface area contributed by atoms with Crippen LogP contribution in [0.15, 0.2) is 24.3 Å². The van der Waals surface area contributed by atoms with E-state index in [1.807, 2.05) is 13.0 Å². The summed E-state index contributed by atoms with van der Waals surface area (Å²) in [5.74, 6) is -0.0517. The van der Waals surface area contributed by atoms with Gasteiger partial charge in [0.1, 0.15) is 6.07 Å². The van der Waals surface area contributed by atoms with Gasteiger partial charge in [-0.1, -0.05) is 12.1 Å². The number of carbonyl (C=O) groups excluding carboxylic acids is 1. The highest BCUT2D eigenvalue weighted by atomic mass is 32.2. The van der Waals surface area contributed by atoms with E-state index in [1.54, 1.807) is 30.0 Å². The molecule has 1 heterocycles. The molecular formula is C15H18N2O2S. The molecular weight excluding hydrogens is 272 g/mol. The molecule has 106 valence electrons. The topological polar surface area (TPSA) is 62.1 Å². The highest BCUT2D eigenvalue weighted by Gasteiger charge is 2.22. The van der Waals surface area contributed by atoms with Crippen molar-refractivity contribution in [1.82, 2.24) is 0 Å². The molecule has 5 heteroatoms. The number of hydrogen-bond acceptors (Lipinski definition) is 4. The van der Waals surface area contributed by atoms with Gasteiger partial charge in [0.05, 0.1) is 16.5 Å². The smallest absolute Gasteiger partial charge is 0.237 e. The molecule has 4 nitrogen and oxygen atoms in total. The van der Waals surface area contributed by atoms with Gasteiger partial charge in [-0.2, -0.15) is 5.26 Å². The van der Waals surface area contributed by atoms with E-state index in [9.17, 15) is 4.79 Å². The lowest BCUT2D eigenvalue weighted by Crippen LogP contribution is -2.27. The highest BCUT2D eigenvalue weighted by Crippen LogP contribution is 2.27. The Morgan fingerprint density at radius 1 is 1.45 bits per heavy atom. The minimum absolute atomic E-state index is 0.0517. The number of benzene rings is 1. The van der Waals surface area contributed by atoms with Crippen LogP contribution in [0.2, 0.25) is 0 Å². The summed E-state index contributed by atoms with van der Waals surface area (Å²) in [5.41, 5.74) is 1.07. The molecule has 1 N–H and O–H groups in total. The van der Waals surface area contributed by atoms with E-state index in [0.717, 1.165) is 26.1 Å². The molecule has 1 aromatic rings. The van der Waals surface area contributed by atoms with Gasteiger partial charge in [-0.25, -0.2) is 0 Å². The van der Waals surface area contributed by atoms with Crippen molar-refractivity contribution in [3.8, 4) is 6.07 Å². The number of ether oxygens (including phenoxy) is 1. The molecule has 0 saturated carbocycles. The first-order valence-corrected chi connectivity index (χ1v) is 7.68. The lowest BCUT2D eigenvalue weighted by Gasteiger charge is -2.24. The second-order valence-corrected chi connectivity index (χ2v) is 6.38. The lowest BCUT2D eigenvalue weighted by molar-refractivity contribution is -0.115. The van der Waals surface area contributed by atoms with Crippen molar-refractivity contribution in [2.45, 2.75) is 30.3 Å². The number of nitriles is 1. The Bertz CT molecular complexity index is 507. The van der Waals surface area contributed by atoms with Crippen molar-refractivity contribution in [2.75, 3.05) is 18.5 Å². The third-order valence-electron chi connectivity index (χ3n) is 3.24. The van der Waals surface area contributed by atoms with Crippen molar-refractivity contribution in [3.63, 3.8) is 0 Å². The van der Waals surface area contributed by atoms with Gasteiger partial charge in [0.25, 0.3) is 0 Å². The fourth-order valence-corrected chi connectivity index (χ4v) is 3.31. The molecule has 0 aliphatic carbocycles. The summed E-state index contributed by atoms with van der Waals surface area (Å²) in [7, 11) is 0. The zero-order valence-corrected chi connectivity index (χ0v) is 12.3. The summed E-state index contributed by atoms with van der Waals surface area (Å²) >= 11 is 1.69. The Balaban J connectivity index is 1.92. The minimum Gasteiger partial charge on any atom is -0.381 e. The SMILES string of the molecule is CC(SC1CCOCC1)C(=O)Nc1ccccc1C#N. The zero-order valence-electron chi connectivity index (χ0n) is 11.5. The lowest BCUT2D eigenvalue weighted by atomic mass is 10.2. The van der Waals surface area contributed by atoms with Gasteiger partial charge in [0, 0.05) is 18.5 Å². The van der Waals surface area contributed by atoms with Crippen LogP contribution in [0, 0.1) is 11.3 Å². The van der Waals surface area contributed by atoms with E-state index >= 15 is 0 Å². The van der Waals surface area contributed by atoms with E-state index in [4.69, 9.17) is 10.00 Å². The number of nitrogens with zero attached hydrogens (tertiary/aromatic N) is 1. The number of thioether (sulfide) groups is 1. The van der Waals surface area contributed by atoms with Crippen molar-refractivity contribution in [3.05, 3.63) is 29.8 Å². The summed E-state index contributed by atoms with van der Waals surface area (Å²) in [6.07, 6.45) is 1.99. The third kappa shape index (κ3) is 3.99. The van der Waals surface area contributed by atoms with Crippen LogP contribution >= 0.6 is 11.8 Å². The Morgan fingerprint density at radius 2 is 2.15 bits per heavy atom. The van der Waals surface area contributed by atoms with Crippen LogP contribution in [0.4, 0.5) is 5.69 Å². The summed E-state index contributed by atoms with van der Waals surface area (Å²) in [4.78, 5) is 12.2. The van der Waals surface area contributed by atoms with Gasteiger partial charge in [0.2, 0.25) is 5.91 Å². The van der Waals surface area contributed by atoms with Crippen LogP contribution in [0.5, 0.6) is 0 Å². The van der Waals surface area contributed by atoms with Crippen LogP contribution in [0.1, 0.15) is 25.3 Å². The fraction of sp³-hybridized carbons (Fsp3) is 0.467. The number of rotatable bonds is 4. The number of carbonyl (C=O) groups is 1. The predicted octanol–water partition coefficient (Wildman–Crippen LogP) is 2.80. The number of amides is 1. The van der Waals surface area contributed by atoms with Crippen LogP contribution < -0.4 is 5.32 Å². The Labute approximate surface area is 123 Å². The average molecular weight is 290 g/mol. The molecule has 2 rings (SSSR count). The number of anilines is 1. The Kier molecular flexibility index (Phi) is 5.45. The van der Waals surface area contributed by atoms with Gasteiger partial charge in [-0.15, -0.1) is 11.8 Å². The van der Waals surface area contributed by atoms with Crippen LogP contribution in [0.25, 0.3) is 0 Å². The first-order valence-electron chi connectivity index (χ1n) is 6.74. The molecule has 1 aliphatic rings. The maximum atomic E-state index is 12.2. The van der Waals surface area contributed by atoms with Gasteiger partial charge in [0.15, 0.2) is 0 Å². The van der Waals surface area contributed by atoms with Gasteiger partial charge in [-0.05, 0) is 31.9 Å². The van der Waals surface area contributed by atoms with Crippen molar-refractivity contribution in [1.29, 1.82) is 5.26 Å². The van der Waals surface area contributed by atoms with E-state index in [2.05, 4.69) is 11.4 Å². The maximum absolute atomic E-state index is 12.2. The van der Waals surface area contributed by atoms with E-state index in [1.165, 1.54) is 0 Å². The third-order valence-corrected chi connectivity index (χ3v) is 4.72. The van der Waals surface area contributed by atoms with E-state index in [-0.39, 0.29) is 11.2 Å². The fourth-order valence-electron chi connectivity index (χ4n) is 2.09. The van der Waals surface area contributed by atoms with Gasteiger partial charge < -0.3 is 10.1 Å². The number of nitrogens with one attached hydrogen (secondary N) is 1. The molecule has 0 bridgehead atoms. The van der Waals surface area contributed by atoms with Gasteiger partial charge >= 0.3 is 0 Å². The number of hydrogen-bond donors (Lipinski definition) is 1. The van der Waals surface area contributed by atoms with Crippen molar-refractivity contribution >= 4 is 23.4 Å². The summed E-state index contributed by atoms with van der Waals surface area (Å²) in [6.45, 7) is 3.47. The summed E-state index contributed by atoms with van der Waals surface area (Å²) < 4.78 is 5.32. The normalized spacial score (nSPS) is 17.2. The largest absolute Gasteiger partial charge is 0.381 e. The molecule has 1 aliphatic heterocycles. The summed E-state index contributed by atoms with van der Waals surface area (Å²) in [6, 6.07) is 9.13. The van der Waals surface area contributed by atoms with Crippen molar-refractivity contribution < 1.29 is 9.53 Å². The average Bonchev–Trinajstić information content (AvgIpc) is 2.48. The molecule has 0 aromatic heterocycles. The van der Waals surface area contributed by atoms with Gasteiger partial charge in [-0.3, -0.25) is 4.79 Å². The zero-order chi connectivity index (χ0) is 14.4. The molecule has 1 saturated heterocycles. The molecule has 20 heavy (non-hydrogen) atoms. The monoisotopic (exact) mass is 290 g/mol. The molecule has 1 aromatic carbocycles. The summed E-state index contributed by atoms with van der Waals surface area (Å²) in [5, 5.41) is 12.2. The minimum atomic E-state index is -0.134. The predicted molar refractivity (Wildman–Crippen MR) is 80.7 cm³/mol. The highest BCUT2D eigenvalue weighted by molar-refractivity contribution is 8.01. The van der Waals surface area contributed by atoms with E-state index < -0.39 is 0 Å². The molecule has 1 unspecified atom stereocenters.